The topological polar surface area (TPSA) is 80.6 Å². The third-order valence-corrected chi connectivity index (χ3v) is 5.18. The molecule has 1 heterocycles. The van der Waals surface area contributed by atoms with Gasteiger partial charge in [0.25, 0.3) is 11.8 Å². The summed E-state index contributed by atoms with van der Waals surface area (Å²) in [6, 6.07) is 15.9. The second-order valence-corrected chi connectivity index (χ2v) is 7.39. The molecular weight excluding hydrogens is 411 g/mol. The van der Waals surface area contributed by atoms with Gasteiger partial charge in [0.05, 0.1) is 12.5 Å². The largest absolute Gasteiger partial charge is 0.492 e. The first kappa shape index (κ1) is 21.1. The average molecular weight is 432 g/mol. The van der Waals surface area contributed by atoms with E-state index >= 15 is 0 Å². The smallest absolute Gasteiger partial charge is 0.295 e. The summed E-state index contributed by atoms with van der Waals surface area (Å²) >= 11 is 0. The summed E-state index contributed by atoms with van der Waals surface area (Å²) < 4.78 is 24.2. The van der Waals surface area contributed by atoms with Gasteiger partial charge in [0, 0.05) is 16.9 Å². The van der Waals surface area contributed by atoms with Gasteiger partial charge in [0.15, 0.2) is 5.75 Å². The van der Waals surface area contributed by atoms with Gasteiger partial charge in [-0.15, -0.1) is 0 Å². The first-order chi connectivity index (χ1) is 15.4. The molecule has 0 saturated carbocycles. The second kappa shape index (κ2) is 8.55. The molecule has 0 aliphatic heterocycles. The summed E-state index contributed by atoms with van der Waals surface area (Å²) in [5.41, 5.74) is 4.06. The number of hydrogen-bond acceptors (Lipinski definition) is 4. The molecule has 0 aliphatic rings. The summed E-state index contributed by atoms with van der Waals surface area (Å²) in [6.07, 6.45) is 0. The Bertz CT molecular complexity index is 1330. The zero-order valence-corrected chi connectivity index (χ0v) is 17.8. The number of hydrogen-bond donors (Lipinski definition) is 2. The molecule has 0 fully saturated rings. The highest BCUT2D eigenvalue weighted by molar-refractivity contribution is 6.09. The molecule has 0 bridgehead atoms. The minimum atomic E-state index is -0.537. The molecule has 0 aliphatic carbocycles. The van der Waals surface area contributed by atoms with Gasteiger partial charge in [-0.1, -0.05) is 6.07 Å². The van der Waals surface area contributed by atoms with Crippen LogP contribution in [0.3, 0.4) is 0 Å². The van der Waals surface area contributed by atoms with Crippen LogP contribution in [0.2, 0.25) is 0 Å². The van der Waals surface area contributed by atoms with Crippen LogP contribution in [-0.4, -0.2) is 18.9 Å². The van der Waals surface area contributed by atoms with Crippen molar-refractivity contribution in [3.05, 3.63) is 88.9 Å². The lowest BCUT2D eigenvalue weighted by Gasteiger charge is -2.08. The normalized spacial score (nSPS) is 10.8. The van der Waals surface area contributed by atoms with Crippen molar-refractivity contribution in [1.82, 2.24) is 0 Å². The molecule has 6 nitrogen and oxygen atoms in total. The number of nitrogens with one attached hydrogen (secondary N) is 2. The van der Waals surface area contributed by atoms with Gasteiger partial charge in [0.2, 0.25) is 5.76 Å². The summed E-state index contributed by atoms with van der Waals surface area (Å²) in [7, 11) is 1.43. The van der Waals surface area contributed by atoms with E-state index in [1.807, 2.05) is 26.0 Å². The molecule has 0 atom stereocenters. The Morgan fingerprint density at radius 2 is 1.53 bits per heavy atom. The van der Waals surface area contributed by atoms with Gasteiger partial charge >= 0.3 is 0 Å². The summed E-state index contributed by atoms with van der Waals surface area (Å²) in [5, 5.41) is 6.05. The lowest BCUT2D eigenvalue weighted by atomic mass is 10.1. The van der Waals surface area contributed by atoms with Gasteiger partial charge in [0.1, 0.15) is 11.4 Å². The van der Waals surface area contributed by atoms with Gasteiger partial charge in [-0.3, -0.25) is 9.59 Å². The highest BCUT2D eigenvalue weighted by atomic mass is 19.1. The van der Waals surface area contributed by atoms with Crippen LogP contribution in [0.4, 0.5) is 15.8 Å². The van der Waals surface area contributed by atoms with Crippen molar-refractivity contribution in [2.24, 2.45) is 0 Å². The molecule has 162 valence electrons. The third kappa shape index (κ3) is 4.18. The van der Waals surface area contributed by atoms with Gasteiger partial charge < -0.3 is 19.8 Å². The fraction of sp³-hybridized carbons (Fsp3) is 0.120. The van der Waals surface area contributed by atoms with Crippen LogP contribution < -0.4 is 15.4 Å². The molecule has 2 N–H and O–H groups in total. The van der Waals surface area contributed by atoms with E-state index in [0.29, 0.717) is 27.9 Å². The minimum absolute atomic E-state index is 0.0236. The Kier molecular flexibility index (Phi) is 5.64. The molecule has 32 heavy (non-hydrogen) atoms. The Morgan fingerprint density at radius 3 is 2.22 bits per heavy atom. The molecule has 3 aromatic carbocycles. The van der Waals surface area contributed by atoms with Crippen molar-refractivity contribution in [3.8, 4) is 5.75 Å². The zero-order chi connectivity index (χ0) is 22.8. The summed E-state index contributed by atoms with van der Waals surface area (Å²) in [6.45, 7) is 3.94. The van der Waals surface area contributed by atoms with E-state index in [1.54, 1.807) is 24.3 Å². The monoisotopic (exact) mass is 432 g/mol. The molecule has 0 unspecified atom stereocenters. The predicted octanol–water partition coefficient (Wildman–Crippen LogP) is 5.70. The number of carbonyl (C=O) groups is 2. The first-order valence-corrected chi connectivity index (χ1v) is 9.92. The zero-order valence-electron chi connectivity index (χ0n) is 17.8. The van der Waals surface area contributed by atoms with E-state index in [4.69, 9.17) is 9.15 Å². The van der Waals surface area contributed by atoms with Crippen molar-refractivity contribution < 1.29 is 23.1 Å². The lowest BCUT2D eigenvalue weighted by Crippen LogP contribution is -2.12. The van der Waals surface area contributed by atoms with E-state index in [0.717, 1.165) is 11.1 Å². The Labute approximate surface area is 184 Å². The second-order valence-electron chi connectivity index (χ2n) is 7.39. The predicted molar refractivity (Wildman–Crippen MR) is 121 cm³/mol. The maximum absolute atomic E-state index is 13.1. The Balaban J connectivity index is 1.61. The molecular formula is C25H21FN2O4. The minimum Gasteiger partial charge on any atom is -0.492 e. The molecule has 7 heteroatoms. The van der Waals surface area contributed by atoms with Crippen LogP contribution in [-0.2, 0) is 0 Å². The Hall–Kier alpha value is -4.13. The number of methoxy groups -OCH3 is 1. The lowest BCUT2D eigenvalue weighted by molar-refractivity contribution is 0.0992. The maximum atomic E-state index is 13.1. The molecule has 1 aromatic heterocycles. The van der Waals surface area contributed by atoms with Crippen molar-refractivity contribution in [1.29, 1.82) is 0 Å². The first-order valence-electron chi connectivity index (χ1n) is 9.92. The van der Waals surface area contributed by atoms with E-state index in [2.05, 4.69) is 10.6 Å². The molecule has 4 rings (SSSR count). The van der Waals surface area contributed by atoms with E-state index in [1.165, 1.54) is 31.4 Å². The van der Waals surface area contributed by atoms with Crippen LogP contribution in [0.15, 0.2) is 65.1 Å². The molecule has 4 aromatic rings. The van der Waals surface area contributed by atoms with Crippen LogP contribution >= 0.6 is 0 Å². The number of carbonyl (C=O) groups excluding carboxylic acids is 2. The van der Waals surface area contributed by atoms with Crippen molar-refractivity contribution in [3.63, 3.8) is 0 Å². The van der Waals surface area contributed by atoms with Crippen molar-refractivity contribution in [2.75, 3.05) is 17.7 Å². The molecule has 0 spiro atoms. The third-order valence-electron chi connectivity index (χ3n) is 5.18. The number of aryl methyl sites for hydroxylation is 2. The van der Waals surface area contributed by atoms with E-state index in [9.17, 15) is 14.0 Å². The number of fused-ring (bicyclic) bond motifs is 1. The molecule has 0 radical (unpaired) electrons. The van der Waals surface area contributed by atoms with Crippen LogP contribution in [0.1, 0.15) is 32.0 Å². The molecule has 0 saturated heterocycles. The van der Waals surface area contributed by atoms with Crippen LogP contribution in [0.5, 0.6) is 5.75 Å². The van der Waals surface area contributed by atoms with Gasteiger partial charge in [-0.2, -0.15) is 0 Å². The highest BCUT2D eigenvalue weighted by Crippen LogP contribution is 2.35. The number of amides is 2. The fourth-order valence-electron chi connectivity index (χ4n) is 3.31. The number of anilines is 2. The Morgan fingerprint density at radius 1 is 0.844 bits per heavy atom. The van der Waals surface area contributed by atoms with E-state index in [-0.39, 0.29) is 17.4 Å². The molecule has 2 amide bonds. The van der Waals surface area contributed by atoms with Crippen molar-refractivity contribution in [2.45, 2.75) is 13.8 Å². The van der Waals surface area contributed by atoms with Gasteiger partial charge in [-0.05, 0) is 79.6 Å². The number of furan rings is 1. The fourth-order valence-corrected chi connectivity index (χ4v) is 3.31. The van der Waals surface area contributed by atoms with Gasteiger partial charge in [-0.25, -0.2) is 4.39 Å². The maximum Gasteiger partial charge on any atom is 0.295 e. The average Bonchev–Trinajstić information content (AvgIpc) is 3.15. The summed E-state index contributed by atoms with van der Waals surface area (Å²) in [5.74, 6) is -0.972. The van der Waals surface area contributed by atoms with E-state index < -0.39 is 11.7 Å². The SMILES string of the molecule is COc1c(C(=O)Nc2ccc(F)cc2)oc2ccc(NC(=O)c3ccc(C)c(C)c3)cc12. The van der Waals surface area contributed by atoms with Crippen LogP contribution in [0.25, 0.3) is 11.0 Å². The van der Waals surface area contributed by atoms with Crippen LogP contribution in [0, 0.1) is 19.7 Å². The standard InChI is InChI=1S/C25H21FN2O4/c1-14-4-5-16(12-15(14)2)24(29)28-19-10-11-21-20(13-19)22(31-3)23(32-21)25(30)27-18-8-6-17(26)7-9-18/h4-13H,1-3H3,(H,27,30)(H,28,29). The quantitative estimate of drug-likeness (QED) is 0.424. The van der Waals surface area contributed by atoms with Crippen molar-refractivity contribution >= 4 is 34.2 Å². The number of halogens is 1. The number of rotatable bonds is 5. The highest BCUT2D eigenvalue weighted by Gasteiger charge is 2.22. The number of ether oxygens (including phenoxy) is 1. The summed E-state index contributed by atoms with van der Waals surface area (Å²) in [4.78, 5) is 25.4. The number of benzene rings is 3.